The molecule has 0 saturated heterocycles. The summed E-state index contributed by atoms with van der Waals surface area (Å²) in [6.45, 7) is 0.677. The van der Waals surface area contributed by atoms with Crippen LogP contribution >= 0.6 is 0 Å². The minimum atomic E-state index is -0.389. The number of carbonyl (C=O) groups excluding carboxylic acids is 1. The van der Waals surface area contributed by atoms with E-state index in [2.05, 4.69) is 4.98 Å². The van der Waals surface area contributed by atoms with Gasteiger partial charge < -0.3 is 5.73 Å². The first-order valence-electron chi connectivity index (χ1n) is 3.79. The van der Waals surface area contributed by atoms with Gasteiger partial charge in [0.15, 0.2) is 0 Å². The summed E-state index contributed by atoms with van der Waals surface area (Å²) in [6.07, 6.45) is 4.30. The number of fused-ring (bicyclic) bond motifs is 1. The molecule has 12 heavy (non-hydrogen) atoms. The highest BCUT2D eigenvalue weighted by Gasteiger charge is 2.21. The Labute approximate surface area is 70.0 Å². The lowest BCUT2D eigenvalue weighted by Gasteiger charge is -2.12. The number of nitrogens with two attached hydrogens (primary N) is 1. The normalized spacial score (nSPS) is 14.5. The maximum atomic E-state index is 10.9. The van der Waals surface area contributed by atoms with Crippen molar-refractivity contribution < 1.29 is 4.79 Å². The van der Waals surface area contributed by atoms with Crippen LogP contribution in [-0.2, 0) is 6.42 Å². The van der Waals surface area contributed by atoms with Crippen LogP contribution in [0.15, 0.2) is 18.5 Å². The summed E-state index contributed by atoms with van der Waals surface area (Å²) in [5.41, 5.74) is 7.17. The fourth-order valence-electron chi connectivity index (χ4n) is 1.46. The first-order chi connectivity index (χ1) is 5.79. The summed E-state index contributed by atoms with van der Waals surface area (Å²) >= 11 is 0. The molecular weight excluding hydrogens is 154 g/mol. The molecule has 0 bridgehead atoms. The van der Waals surface area contributed by atoms with Crippen LogP contribution < -0.4 is 10.6 Å². The Morgan fingerprint density at radius 3 is 3.25 bits per heavy atom. The van der Waals surface area contributed by atoms with Crippen molar-refractivity contribution in [2.45, 2.75) is 6.42 Å². The van der Waals surface area contributed by atoms with Crippen molar-refractivity contribution in [3.05, 3.63) is 24.0 Å². The van der Waals surface area contributed by atoms with Gasteiger partial charge in [0.2, 0.25) is 0 Å². The molecule has 0 saturated carbocycles. The van der Waals surface area contributed by atoms with E-state index in [0.29, 0.717) is 6.54 Å². The Balaban J connectivity index is 2.42. The minimum Gasteiger partial charge on any atom is -0.351 e. The molecular formula is C8H9N3O. The lowest BCUT2D eigenvalue weighted by molar-refractivity contribution is 0.254. The molecule has 4 heteroatoms. The van der Waals surface area contributed by atoms with E-state index in [-0.39, 0.29) is 6.03 Å². The standard InChI is InChI=1S/C8H9N3O/c9-8(12)11-4-2-6-5-10-3-1-7(6)11/h1,3,5H,2,4H2,(H2,9,12). The molecule has 0 atom stereocenters. The number of carbonyl (C=O) groups is 1. The summed E-state index contributed by atoms with van der Waals surface area (Å²) in [4.78, 5) is 16.4. The zero-order valence-corrected chi connectivity index (χ0v) is 6.53. The van der Waals surface area contributed by atoms with Gasteiger partial charge in [-0.25, -0.2) is 4.79 Å². The molecule has 0 aromatic carbocycles. The van der Waals surface area contributed by atoms with Crippen molar-refractivity contribution >= 4 is 11.7 Å². The lowest BCUT2D eigenvalue weighted by atomic mass is 10.2. The average Bonchev–Trinajstić information content (AvgIpc) is 2.47. The van der Waals surface area contributed by atoms with Crippen LogP contribution in [0.1, 0.15) is 5.56 Å². The van der Waals surface area contributed by atoms with Crippen LogP contribution in [0, 0.1) is 0 Å². The molecule has 2 rings (SSSR count). The number of rotatable bonds is 0. The highest BCUT2D eigenvalue weighted by atomic mass is 16.2. The first kappa shape index (κ1) is 7.09. The monoisotopic (exact) mass is 163 g/mol. The van der Waals surface area contributed by atoms with Crippen molar-refractivity contribution in [3.63, 3.8) is 0 Å². The van der Waals surface area contributed by atoms with Gasteiger partial charge in [-0.05, 0) is 18.1 Å². The van der Waals surface area contributed by atoms with Crippen LogP contribution in [0.5, 0.6) is 0 Å². The maximum absolute atomic E-state index is 10.9. The predicted molar refractivity (Wildman–Crippen MR) is 44.9 cm³/mol. The Bertz CT molecular complexity index is 324. The number of amides is 2. The molecule has 4 nitrogen and oxygen atoms in total. The van der Waals surface area contributed by atoms with Gasteiger partial charge in [-0.15, -0.1) is 0 Å². The quantitative estimate of drug-likeness (QED) is 0.606. The molecule has 2 amide bonds. The number of hydrogen-bond donors (Lipinski definition) is 1. The Kier molecular flexibility index (Phi) is 1.46. The smallest absolute Gasteiger partial charge is 0.319 e. The van der Waals surface area contributed by atoms with E-state index in [0.717, 1.165) is 17.7 Å². The predicted octanol–water partition coefficient (Wildman–Crippen LogP) is 0.523. The summed E-state index contributed by atoms with van der Waals surface area (Å²) in [5, 5.41) is 0. The number of primary amides is 1. The summed E-state index contributed by atoms with van der Waals surface area (Å²) in [7, 11) is 0. The van der Waals surface area contributed by atoms with Crippen LogP contribution in [0.2, 0.25) is 0 Å². The van der Waals surface area contributed by atoms with Crippen LogP contribution in [0.3, 0.4) is 0 Å². The molecule has 1 aliphatic heterocycles. The van der Waals surface area contributed by atoms with E-state index >= 15 is 0 Å². The van der Waals surface area contributed by atoms with Crippen LogP contribution in [0.25, 0.3) is 0 Å². The number of urea groups is 1. The van der Waals surface area contributed by atoms with Crippen molar-refractivity contribution in [1.82, 2.24) is 4.98 Å². The Hall–Kier alpha value is -1.58. The van der Waals surface area contributed by atoms with Gasteiger partial charge in [0.05, 0.1) is 5.69 Å². The molecule has 1 aromatic rings. The highest BCUT2D eigenvalue weighted by Crippen LogP contribution is 2.25. The largest absolute Gasteiger partial charge is 0.351 e. The van der Waals surface area contributed by atoms with Gasteiger partial charge in [0, 0.05) is 18.9 Å². The number of nitrogens with zero attached hydrogens (tertiary/aromatic N) is 2. The lowest BCUT2D eigenvalue weighted by Crippen LogP contribution is -2.33. The van der Waals surface area contributed by atoms with E-state index in [9.17, 15) is 4.79 Å². The van der Waals surface area contributed by atoms with E-state index in [1.807, 2.05) is 6.07 Å². The van der Waals surface area contributed by atoms with E-state index in [1.165, 1.54) is 0 Å². The molecule has 0 radical (unpaired) electrons. The molecule has 2 heterocycles. The van der Waals surface area contributed by atoms with Gasteiger partial charge in [0.25, 0.3) is 0 Å². The van der Waals surface area contributed by atoms with Gasteiger partial charge in [-0.3, -0.25) is 9.88 Å². The van der Waals surface area contributed by atoms with Crippen molar-refractivity contribution in [3.8, 4) is 0 Å². The molecule has 1 aromatic heterocycles. The van der Waals surface area contributed by atoms with Gasteiger partial charge >= 0.3 is 6.03 Å². The van der Waals surface area contributed by atoms with Crippen molar-refractivity contribution in [2.75, 3.05) is 11.4 Å². The molecule has 0 fully saturated rings. The third kappa shape index (κ3) is 0.922. The summed E-state index contributed by atoms with van der Waals surface area (Å²) < 4.78 is 0. The molecule has 2 N–H and O–H groups in total. The van der Waals surface area contributed by atoms with Gasteiger partial charge in [-0.1, -0.05) is 0 Å². The zero-order chi connectivity index (χ0) is 8.55. The fraction of sp³-hybridized carbons (Fsp3) is 0.250. The van der Waals surface area contributed by atoms with Crippen LogP contribution in [-0.4, -0.2) is 17.6 Å². The van der Waals surface area contributed by atoms with Crippen LogP contribution in [0.4, 0.5) is 10.5 Å². The van der Waals surface area contributed by atoms with E-state index in [1.54, 1.807) is 17.3 Å². The number of anilines is 1. The second-order valence-electron chi connectivity index (χ2n) is 2.74. The van der Waals surface area contributed by atoms with Gasteiger partial charge in [-0.2, -0.15) is 0 Å². The summed E-state index contributed by atoms with van der Waals surface area (Å²) in [5.74, 6) is 0. The second kappa shape index (κ2) is 2.48. The van der Waals surface area contributed by atoms with E-state index < -0.39 is 0 Å². The fourth-order valence-corrected chi connectivity index (χ4v) is 1.46. The number of aromatic nitrogens is 1. The first-order valence-corrected chi connectivity index (χ1v) is 3.79. The molecule has 62 valence electrons. The number of hydrogen-bond acceptors (Lipinski definition) is 2. The molecule has 0 unspecified atom stereocenters. The van der Waals surface area contributed by atoms with Crippen molar-refractivity contribution in [2.24, 2.45) is 5.73 Å². The second-order valence-corrected chi connectivity index (χ2v) is 2.74. The Morgan fingerprint density at radius 2 is 2.50 bits per heavy atom. The molecule has 1 aliphatic rings. The van der Waals surface area contributed by atoms with E-state index in [4.69, 9.17) is 5.73 Å². The third-order valence-corrected chi connectivity index (χ3v) is 2.04. The molecule has 0 aliphatic carbocycles. The summed E-state index contributed by atoms with van der Waals surface area (Å²) in [6, 6.07) is 1.42. The minimum absolute atomic E-state index is 0.389. The van der Waals surface area contributed by atoms with Gasteiger partial charge in [0.1, 0.15) is 0 Å². The average molecular weight is 163 g/mol. The van der Waals surface area contributed by atoms with Crippen molar-refractivity contribution in [1.29, 1.82) is 0 Å². The Morgan fingerprint density at radius 1 is 1.67 bits per heavy atom. The zero-order valence-electron chi connectivity index (χ0n) is 6.53. The topological polar surface area (TPSA) is 59.2 Å². The number of pyridine rings is 1. The maximum Gasteiger partial charge on any atom is 0.319 e. The highest BCUT2D eigenvalue weighted by molar-refractivity contribution is 5.92. The SMILES string of the molecule is NC(=O)N1CCc2cnccc21. The third-order valence-electron chi connectivity index (χ3n) is 2.04. The molecule has 0 spiro atoms.